The molecule has 126 valence electrons. The maximum absolute atomic E-state index is 13.0. The van der Waals surface area contributed by atoms with Gasteiger partial charge in [-0.2, -0.15) is 0 Å². The largest absolute Gasteiger partial charge is 0.494 e. The molecule has 0 aliphatic heterocycles. The zero-order chi connectivity index (χ0) is 16.8. The number of hydrogen-bond donors (Lipinski definition) is 1. The number of rotatable bonds is 6. The van der Waals surface area contributed by atoms with Crippen molar-refractivity contribution in [3.63, 3.8) is 0 Å². The third-order valence-electron chi connectivity index (χ3n) is 4.91. The summed E-state index contributed by atoms with van der Waals surface area (Å²) in [6.45, 7) is 3.19. The van der Waals surface area contributed by atoms with Gasteiger partial charge in [-0.1, -0.05) is 55.3 Å². The van der Waals surface area contributed by atoms with E-state index in [1.54, 1.807) is 0 Å². The predicted octanol–water partition coefficient (Wildman–Crippen LogP) is 4.21. The van der Waals surface area contributed by atoms with Gasteiger partial charge in [0, 0.05) is 6.54 Å². The number of carbonyl (C=O) groups excluding carboxylic acids is 1. The number of benzene rings is 2. The first-order valence-electron chi connectivity index (χ1n) is 8.80. The summed E-state index contributed by atoms with van der Waals surface area (Å²) in [5.41, 5.74) is 1.88. The minimum atomic E-state index is -0.355. The molecule has 0 spiro atoms. The van der Waals surface area contributed by atoms with Crippen molar-refractivity contribution in [2.24, 2.45) is 0 Å². The van der Waals surface area contributed by atoms with Crippen LogP contribution in [-0.2, 0) is 16.8 Å². The van der Waals surface area contributed by atoms with E-state index in [1.807, 2.05) is 49.4 Å². The average molecular weight is 323 g/mol. The number of amides is 1. The fraction of sp³-hybridized carbons (Fsp3) is 0.381. The van der Waals surface area contributed by atoms with E-state index in [-0.39, 0.29) is 11.3 Å². The molecule has 0 radical (unpaired) electrons. The lowest BCUT2D eigenvalue weighted by Gasteiger charge is -2.28. The molecule has 3 heteroatoms. The highest BCUT2D eigenvalue weighted by atomic mass is 16.5. The first kappa shape index (κ1) is 16.6. The second kappa shape index (κ2) is 7.52. The maximum atomic E-state index is 13.0. The molecule has 3 rings (SSSR count). The summed E-state index contributed by atoms with van der Waals surface area (Å²) >= 11 is 0. The molecule has 24 heavy (non-hydrogen) atoms. The van der Waals surface area contributed by atoms with E-state index >= 15 is 0 Å². The average Bonchev–Trinajstić information content (AvgIpc) is 3.13. The summed E-state index contributed by atoms with van der Waals surface area (Å²) in [5.74, 6) is 1.02. The van der Waals surface area contributed by atoms with E-state index in [0.717, 1.165) is 42.6 Å². The number of carbonyl (C=O) groups is 1. The van der Waals surface area contributed by atoms with Crippen LogP contribution in [0.3, 0.4) is 0 Å². The van der Waals surface area contributed by atoms with Crippen LogP contribution in [0.15, 0.2) is 54.6 Å². The second-order valence-electron chi connectivity index (χ2n) is 6.41. The Labute approximate surface area is 144 Å². The molecule has 0 unspecified atom stereocenters. The van der Waals surface area contributed by atoms with E-state index in [2.05, 4.69) is 17.4 Å². The van der Waals surface area contributed by atoms with E-state index < -0.39 is 0 Å². The molecule has 3 nitrogen and oxygen atoms in total. The highest BCUT2D eigenvalue weighted by Crippen LogP contribution is 2.41. The Morgan fingerprint density at radius 2 is 1.71 bits per heavy atom. The van der Waals surface area contributed by atoms with Gasteiger partial charge in [0.1, 0.15) is 5.75 Å². The van der Waals surface area contributed by atoms with Gasteiger partial charge in [0.05, 0.1) is 12.0 Å². The molecule has 0 heterocycles. The molecule has 0 aromatic heterocycles. The maximum Gasteiger partial charge on any atom is 0.230 e. The molecular weight excluding hydrogens is 298 g/mol. The van der Waals surface area contributed by atoms with Crippen LogP contribution in [0.1, 0.15) is 43.7 Å². The quantitative estimate of drug-likeness (QED) is 0.864. The van der Waals surface area contributed by atoms with Crippen LogP contribution in [0.25, 0.3) is 0 Å². The minimum Gasteiger partial charge on any atom is -0.494 e. The zero-order valence-corrected chi connectivity index (χ0v) is 14.3. The van der Waals surface area contributed by atoms with Crippen molar-refractivity contribution >= 4 is 5.91 Å². The van der Waals surface area contributed by atoms with E-state index in [0.29, 0.717) is 13.2 Å². The Hall–Kier alpha value is -2.29. The van der Waals surface area contributed by atoms with Crippen LogP contribution >= 0.6 is 0 Å². The fourth-order valence-electron chi connectivity index (χ4n) is 3.60. The third kappa shape index (κ3) is 3.45. The van der Waals surface area contributed by atoms with Crippen LogP contribution < -0.4 is 10.1 Å². The van der Waals surface area contributed by atoms with Gasteiger partial charge < -0.3 is 10.1 Å². The molecule has 1 aliphatic carbocycles. The summed E-state index contributed by atoms with van der Waals surface area (Å²) in [5, 5.41) is 3.15. The lowest BCUT2D eigenvalue weighted by Crippen LogP contribution is -2.42. The summed E-state index contributed by atoms with van der Waals surface area (Å²) in [6, 6.07) is 18.1. The topological polar surface area (TPSA) is 38.3 Å². The standard InChI is InChI=1S/C21H25NO2/c1-2-24-19-12-10-17(11-13-19)16-22-20(23)21(14-6-7-15-21)18-8-4-3-5-9-18/h3-5,8-13H,2,6-7,14-16H2,1H3,(H,22,23). The smallest absolute Gasteiger partial charge is 0.230 e. The number of nitrogens with one attached hydrogen (secondary N) is 1. The van der Waals surface area contributed by atoms with E-state index in [1.165, 1.54) is 0 Å². The monoisotopic (exact) mass is 323 g/mol. The molecule has 1 amide bonds. The van der Waals surface area contributed by atoms with Gasteiger partial charge in [0.25, 0.3) is 0 Å². The predicted molar refractivity (Wildman–Crippen MR) is 96.0 cm³/mol. The highest BCUT2D eigenvalue weighted by molar-refractivity contribution is 5.88. The Morgan fingerprint density at radius 3 is 2.33 bits per heavy atom. The first-order valence-corrected chi connectivity index (χ1v) is 8.80. The molecule has 1 saturated carbocycles. The lowest BCUT2D eigenvalue weighted by molar-refractivity contribution is -0.126. The minimum absolute atomic E-state index is 0.153. The van der Waals surface area contributed by atoms with E-state index in [9.17, 15) is 4.79 Å². The van der Waals surface area contributed by atoms with Gasteiger partial charge in [0.15, 0.2) is 0 Å². The molecule has 1 N–H and O–H groups in total. The van der Waals surface area contributed by atoms with Crippen LogP contribution in [0, 0.1) is 0 Å². The molecule has 0 saturated heterocycles. The van der Waals surface area contributed by atoms with Gasteiger partial charge in [-0.15, -0.1) is 0 Å². The Balaban J connectivity index is 1.68. The van der Waals surface area contributed by atoms with Crippen molar-refractivity contribution in [3.8, 4) is 5.75 Å². The van der Waals surface area contributed by atoms with Crippen LogP contribution in [-0.4, -0.2) is 12.5 Å². The lowest BCUT2D eigenvalue weighted by atomic mass is 9.78. The zero-order valence-electron chi connectivity index (χ0n) is 14.3. The molecule has 0 atom stereocenters. The van der Waals surface area contributed by atoms with Gasteiger partial charge >= 0.3 is 0 Å². The van der Waals surface area contributed by atoms with E-state index in [4.69, 9.17) is 4.74 Å². The van der Waals surface area contributed by atoms with Crippen molar-refractivity contribution in [1.82, 2.24) is 5.32 Å². The number of ether oxygens (including phenoxy) is 1. The summed E-state index contributed by atoms with van der Waals surface area (Å²) in [6.07, 6.45) is 4.11. The Morgan fingerprint density at radius 1 is 1.04 bits per heavy atom. The van der Waals surface area contributed by atoms with Gasteiger partial charge in [0.2, 0.25) is 5.91 Å². The van der Waals surface area contributed by atoms with Gasteiger partial charge in [-0.3, -0.25) is 4.79 Å². The van der Waals surface area contributed by atoms with Crippen molar-refractivity contribution < 1.29 is 9.53 Å². The third-order valence-corrected chi connectivity index (χ3v) is 4.91. The van der Waals surface area contributed by atoms with Crippen molar-refractivity contribution in [2.45, 2.75) is 44.6 Å². The highest BCUT2D eigenvalue weighted by Gasteiger charge is 2.42. The first-order chi connectivity index (χ1) is 11.7. The van der Waals surface area contributed by atoms with Crippen LogP contribution in [0.2, 0.25) is 0 Å². The molecule has 0 bridgehead atoms. The van der Waals surface area contributed by atoms with Gasteiger partial charge in [-0.05, 0) is 43.0 Å². The van der Waals surface area contributed by atoms with Gasteiger partial charge in [-0.25, -0.2) is 0 Å². The normalized spacial score (nSPS) is 15.9. The molecule has 1 aliphatic rings. The SMILES string of the molecule is CCOc1ccc(CNC(=O)C2(c3ccccc3)CCCC2)cc1. The van der Waals surface area contributed by atoms with Crippen LogP contribution in [0.5, 0.6) is 5.75 Å². The summed E-state index contributed by atoms with van der Waals surface area (Å²) < 4.78 is 5.45. The molecular formula is C21H25NO2. The summed E-state index contributed by atoms with van der Waals surface area (Å²) in [7, 11) is 0. The van der Waals surface area contributed by atoms with Crippen LogP contribution in [0.4, 0.5) is 0 Å². The fourth-order valence-corrected chi connectivity index (χ4v) is 3.60. The Kier molecular flexibility index (Phi) is 5.19. The van der Waals surface area contributed by atoms with Crippen molar-refractivity contribution in [3.05, 3.63) is 65.7 Å². The van der Waals surface area contributed by atoms with Crippen molar-refractivity contribution in [1.29, 1.82) is 0 Å². The molecule has 2 aromatic rings. The van der Waals surface area contributed by atoms with Crippen molar-refractivity contribution in [2.75, 3.05) is 6.61 Å². The Bertz CT molecular complexity index is 658. The second-order valence-corrected chi connectivity index (χ2v) is 6.41. The molecule has 1 fully saturated rings. The summed E-state index contributed by atoms with van der Waals surface area (Å²) in [4.78, 5) is 13.0. The number of hydrogen-bond acceptors (Lipinski definition) is 2. The molecule has 2 aromatic carbocycles.